The Bertz CT molecular complexity index is 1380. The molecule has 0 radical (unpaired) electrons. The normalized spacial score (nSPS) is 11.6. The first kappa shape index (κ1) is 17.2. The lowest BCUT2D eigenvalue weighted by molar-refractivity contribution is 0.341. The van der Waals surface area contributed by atoms with Crippen LogP contribution in [0.4, 0.5) is 0 Å². The van der Waals surface area contributed by atoms with Crippen LogP contribution in [0.3, 0.4) is 0 Å². The smallest absolute Gasteiger partial charge is 0.193 e. The van der Waals surface area contributed by atoms with E-state index in [2.05, 4.69) is 37.4 Å². The van der Waals surface area contributed by atoms with Crippen molar-refractivity contribution in [2.75, 3.05) is 6.61 Å². The Morgan fingerprint density at radius 2 is 1.96 bits per heavy atom. The fraction of sp³-hybridized carbons (Fsp3) is 0.130. The maximum Gasteiger partial charge on any atom is 0.193 e. The summed E-state index contributed by atoms with van der Waals surface area (Å²) in [4.78, 5) is 17.5. The van der Waals surface area contributed by atoms with Crippen LogP contribution in [0, 0.1) is 0 Å². The minimum Gasteiger partial charge on any atom is -0.494 e. The van der Waals surface area contributed by atoms with Crippen LogP contribution in [-0.4, -0.2) is 16.0 Å². The molecule has 4 nitrogen and oxygen atoms in total. The van der Waals surface area contributed by atoms with Gasteiger partial charge in [-0.3, -0.25) is 9.78 Å². The van der Waals surface area contributed by atoms with Gasteiger partial charge < -0.3 is 9.14 Å². The van der Waals surface area contributed by atoms with E-state index in [4.69, 9.17) is 4.74 Å². The predicted octanol–water partition coefficient (Wildman–Crippen LogP) is 5.19. The molecule has 0 N–H and O–H groups in total. The van der Waals surface area contributed by atoms with Crippen molar-refractivity contribution in [3.05, 3.63) is 86.9 Å². The Morgan fingerprint density at radius 3 is 2.75 bits per heavy atom. The number of rotatable bonds is 4. The van der Waals surface area contributed by atoms with Crippen molar-refractivity contribution in [1.29, 1.82) is 0 Å². The molecule has 3 heterocycles. The summed E-state index contributed by atoms with van der Waals surface area (Å²) in [5.41, 5.74) is 3.82. The molecule has 3 aromatic heterocycles. The Morgan fingerprint density at radius 1 is 1.11 bits per heavy atom. The van der Waals surface area contributed by atoms with E-state index < -0.39 is 0 Å². The van der Waals surface area contributed by atoms with Crippen molar-refractivity contribution in [3.63, 3.8) is 0 Å². The van der Waals surface area contributed by atoms with Gasteiger partial charge in [-0.1, -0.05) is 22.0 Å². The lowest BCUT2D eigenvalue weighted by Gasteiger charge is -2.09. The molecule has 0 saturated carbocycles. The van der Waals surface area contributed by atoms with Gasteiger partial charge in [-0.15, -0.1) is 0 Å². The molecule has 5 heteroatoms. The second kappa shape index (κ2) is 6.60. The molecular formula is C23H17BrN2O2. The molecule has 28 heavy (non-hydrogen) atoms. The quantitative estimate of drug-likeness (QED) is 0.392. The molecule has 0 fully saturated rings. The molecule has 2 aromatic carbocycles. The van der Waals surface area contributed by atoms with Crippen LogP contribution in [0.2, 0.25) is 0 Å². The van der Waals surface area contributed by atoms with Crippen LogP contribution in [-0.2, 0) is 6.42 Å². The van der Waals surface area contributed by atoms with Crippen LogP contribution < -0.4 is 10.2 Å². The largest absolute Gasteiger partial charge is 0.494 e. The molecule has 0 bridgehead atoms. The third-order valence-electron chi connectivity index (χ3n) is 5.08. The highest BCUT2D eigenvalue weighted by atomic mass is 79.9. The van der Waals surface area contributed by atoms with Crippen LogP contribution in [0.15, 0.2) is 70.3 Å². The first-order valence-corrected chi connectivity index (χ1v) is 9.99. The van der Waals surface area contributed by atoms with Crippen molar-refractivity contribution in [1.82, 2.24) is 9.38 Å². The molecule has 0 amide bonds. The van der Waals surface area contributed by atoms with Crippen molar-refractivity contribution < 1.29 is 4.74 Å². The Labute approximate surface area is 169 Å². The number of hydrogen-bond donors (Lipinski definition) is 0. The molecule has 0 atom stereocenters. The fourth-order valence-corrected chi connectivity index (χ4v) is 4.28. The van der Waals surface area contributed by atoms with Crippen molar-refractivity contribution >= 4 is 43.1 Å². The van der Waals surface area contributed by atoms with Gasteiger partial charge in [-0.05, 0) is 48.9 Å². The standard InChI is InChI=1S/C23H17BrN2O2/c1-2-28-17-10-19-18-9-16(24)5-6-21(18)26-13-15(8-14-4-3-7-25-12-14)23(27)20(11-17)22(19)26/h3-7,9-13H,2,8H2,1H3. The third-order valence-corrected chi connectivity index (χ3v) is 5.58. The maximum absolute atomic E-state index is 13.3. The van der Waals surface area contributed by atoms with Gasteiger partial charge in [0.05, 0.1) is 23.0 Å². The maximum atomic E-state index is 13.3. The van der Waals surface area contributed by atoms with Gasteiger partial charge in [0, 0.05) is 45.8 Å². The van der Waals surface area contributed by atoms with E-state index in [1.54, 1.807) is 12.4 Å². The number of hydrogen-bond acceptors (Lipinski definition) is 3. The Balaban J connectivity index is 1.88. The highest BCUT2D eigenvalue weighted by molar-refractivity contribution is 9.10. The summed E-state index contributed by atoms with van der Waals surface area (Å²) >= 11 is 3.57. The van der Waals surface area contributed by atoms with Gasteiger partial charge in [0.1, 0.15) is 5.75 Å². The monoisotopic (exact) mass is 432 g/mol. The lowest BCUT2D eigenvalue weighted by Crippen LogP contribution is -2.12. The van der Waals surface area contributed by atoms with Crippen molar-refractivity contribution in [3.8, 4) is 5.75 Å². The predicted molar refractivity (Wildman–Crippen MR) is 116 cm³/mol. The number of fused-ring (bicyclic) bond motifs is 3. The van der Waals surface area contributed by atoms with Gasteiger partial charge in [-0.25, -0.2) is 0 Å². The number of halogens is 1. The Kier molecular flexibility index (Phi) is 4.05. The summed E-state index contributed by atoms with van der Waals surface area (Å²) in [6, 6.07) is 14.0. The van der Waals surface area contributed by atoms with E-state index in [1.165, 1.54) is 0 Å². The topological polar surface area (TPSA) is 43.6 Å². The minimum atomic E-state index is 0.0461. The van der Waals surface area contributed by atoms with Crippen LogP contribution in [0.5, 0.6) is 5.75 Å². The van der Waals surface area contributed by atoms with Crippen LogP contribution in [0.1, 0.15) is 18.1 Å². The second-order valence-corrected chi connectivity index (χ2v) is 7.77. The molecule has 0 aliphatic rings. The van der Waals surface area contributed by atoms with E-state index >= 15 is 0 Å². The van der Waals surface area contributed by atoms with Crippen LogP contribution >= 0.6 is 15.9 Å². The summed E-state index contributed by atoms with van der Waals surface area (Å²) in [5.74, 6) is 0.722. The zero-order valence-corrected chi connectivity index (χ0v) is 16.9. The first-order chi connectivity index (χ1) is 13.7. The average Bonchev–Trinajstić information content (AvgIpc) is 3.00. The zero-order chi connectivity index (χ0) is 19.3. The van der Waals surface area contributed by atoms with Gasteiger partial charge in [0.15, 0.2) is 5.43 Å². The van der Waals surface area contributed by atoms with Crippen molar-refractivity contribution in [2.24, 2.45) is 0 Å². The van der Waals surface area contributed by atoms with Gasteiger partial charge in [0.2, 0.25) is 0 Å². The number of benzene rings is 2. The van der Waals surface area contributed by atoms with Gasteiger partial charge >= 0.3 is 0 Å². The summed E-state index contributed by atoms with van der Waals surface area (Å²) < 4.78 is 8.91. The first-order valence-electron chi connectivity index (χ1n) is 9.20. The fourth-order valence-electron chi connectivity index (χ4n) is 3.92. The molecular weight excluding hydrogens is 416 g/mol. The molecule has 5 rings (SSSR count). The van der Waals surface area contributed by atoms with Gasteiger partial charge in [0.25, 0.3) is 0 Å². The van der Waals surface area contributed by atoms with Gasteiger partial charge in [-0.2, -0.15) is 0 Å². The molecule has 0 unspecified atom stereocenters. The van der Waals surface area contributed by atoms with E-state index in [1.807, 2.05) is 43.5 Å². The average molecular weight is 433 g/mol. The number of aromatic nitrogens is 2. The number of nitrogens with zero attached hydrogens (tertiary/aromatic N) is 2. The molecule has 0 spiro atoms. The highest BCUT2D eigenvalue weighted by Crippen LogP contribution is 2.35. The highest BCUT2D eigenvalue weighted by Gasteiger charge is 2.17. The molecule has 0 aliphatic carbocycles. The molecule has 138 valence electrons. The van der Waals surface area contributed by atoms with E-state index in [-0.39, 0.29) is 5.43 Å². The zero-order valence-electron chi connectivity index (χ0n) is 15.3. The summed E-state index contributed by atoms with van der Waals surface area (Å²) in [7, 11) is 0. The summed E-state index contributed by atoms with van der Waals surface area (Å²) in [6.07, 6.45) is 6.07. The van der Waals surface area contributed by atoms with E-state index in [0.29, 0.717) is 18.4 Å². The summed E-state index contributed by atoms with van der Waals surface area (Å²) in [5, 5.41) is 2.82. The lowest BCUT2D eigenvalue weighted by atomic mass is 10.0. The third kappa shape index (κ3) is 2.66. The number of pyridine rings is 2. The molecule has 5 aromatic rings. The van der Waals surface area contributed by atoms with Crippen LogP contribution in [0.25, 0.3) is 27.2 Å². The van der Waals surface area contributed by atoms with Crippen molar-refractivity contribution in [2.45, 2.75) is 13.3 Å². The SMILES string of the molecule is CCOc1cc2c(=O)c(Cc3cccnc3)cn3c4ccc(Br)cc4c(c1)c23. The Hall–Kier alpha value is -2.92. The molecule has 0 saturated heterocycles. The summed E-state index contributed by atoms with van der Waals surface area (Å²) in [6.45, 7) is 2.50. The second-order valence-electron chi connectivity index (χ2n) is 6.85. The van der Waals surface area contributed by atoms with E-state index in [0.717, 1.165) is 43.2 Å². The number of ether oxygens (including phenoxy) is 1. The van der Waals surface area contributed by atoms with E-state index in [9.17, 15) is 4.79 Å². The molecule has 0 aliphatic heterocycles. The minimum absolute atomic E-state index is 0.0461.